The van der Waals surface area contributed by atoms with Gasteiger partial charge in [0.1, 0.15) is 0 Å². The predicted octanol–water partition coefficient (Wildman–Crippen LogP) is 3.50. The molecule has 2 rings (SSSR count). The number of hydrogen-bond donors (Lipinski definition) is 1. The van der Waals surface area contributed by atoms with Crippen molar-refractivity contribution in [3.63, 3.8) is 0 Å². The van der Waals surface area contributed by atoms with E-state index in [1.54, 1.807) is 30.3 Å². The molecule has 0 fully saturated rings. The van der Waals surface area contributed by atoms with Crippen LogP contribution in [-0.2, 0) is 0 Å². The number of nitro benzene ring substituents is 1. The molecule has 0 spiro atoms. The molecule has 0 saturated carbocycles. The summed E-state index contributed by atoms with van der Waals surface area (Å²) in [5.74, 6) is 0. The van der Waals surface area contributed by atoms with Gasteiger partial charge in [-0.25, -0.2) is 0 Å². The van der Waals surface area contributed by atoms with Crippen LogP contribution < -0.4 is 5.73 Å². The van der Waals surface area contributed by atoms with Gasteiger partial charge in [-0.2, -0.15) is 0 Å². The summed E-state index contributed by atoms with van der Waals surface area (Å²) in [5.41, 5.74) is 7.33. The highest BCUT2D eigenvalue weighted by atomic mass is 35.5. The van der Waals surface area contributed by atoms with Crippen molar-refractivity contribution in [1.82, 2.24) is 0 Å². The zero-order valence-electron chi connectivity index (χ0n) is 8.76. The van der Waals surface area contributed by atoms with Gasteiger partial charge in [0.05, 0.1) is 10.5 Å². The van der Waals surface area contributed by atoms with Gasteiger partial charge in [-0.05, 0) is 18.2 Å². The molecule has 0 aliphatic heterocycles. The Labute approximate surface area is 103 Å². The molecule has 0 heterocycles. The molecule has 0 atom stereocenters. The monoisotopic (exact) mass is 248 g/mol. The average Bonchev–Trinajstić information content (AvgIpc) is 2.29. The Morgan fingerprint density at radius 2 is 1.82 bits per heavy atom. The molecular weight excluding hydrogens is 240 g/mol. The van der Waals surface area contributed by atoms with Crippen LogP contribution >= 0.6 is 11.6 Å². The zero-order chi connectivity index (χ0) is 12.4. The summed E-state index contributed by atoms with van der Waals surface area (Å²) in [5, 5.41) is 11.4. The number of nitro groups is 1. The summed E-state index contributed by atoms with van der Waals surface area (Å²) in [6, 6.07) is 11.4. The summed E-state index contributed by atoms with van der Waals surface area (Å²) < 4.78 is 0. The molecular formula is C12H9ClN2O2. The highest BCUT2D eigenvalue weighted by molar-refractivity contribution is 6.31. The molecule has 0 unspecified atom stereocenters. The maximum absolute atomic E-state index is 10.9. The largest absolute Gasteiger partial charge is 0.398 e. The normalized spacial score (nSPS) is 10.2. The number of rotatable bonds is 2. The van der Waals surface area contributed by atoms with Gasteiger partial charge in [0.15, 0.2) is 0 Å². The zero-order valence-corrected chi connectivity index (χ0v) is 9.52. The van der Waals surface area contributed by atoms with Crippen LogP contribution in [0.2, 0.25) is 5.02 Å². The molecule has 0 radical (unpaired) electrons. The lowest BCUT2D eigenvalue weighted by atomic mass is 10.0. The Morgan fingerprint density at radius 3 is 2.47 bits per heavy atom. The molecule has 0 aliphatic carbocycles. The standard InChI is InChI=1S/C12H9ClN2O2/c13-8-5-6-12(15(16)17)10(7-8)9-3-1-2-4-11(9)14/h1-7H,14H2. The maximum atomic E-state index is 10.9. The van der Waals surface area contributed by atoms with E-state index in [1.165, 1.54) is 12.1 Å². The van der Waals surface area contributed by atoms with Gasteiger partial charge in [-0.1, -0.05) is 29.8 Å². The van der Waals surface area contributed by atoms with Crippen LogP contribution in [0.5, 0.6) is 0 Å². The molecule has 2 aromatic rings. The van der Waals surface area contributed by atoms with Crippen molar-refractivity contribution in [2.45, 2.75) is 0 Å². The Kier molecular flexibility index (Phi) is 2.97. The van der Waals surface area contributed by atoms with Crippen molar-refractivity contribution in [1.29, 1.82) is 0 Å². The second kappa shape index (κ2) is 4.43. The predicted molar refractivity (Wildman–Crippen MR) is 68.0 cm³/mol. The molecule has 0 amide bonds. The first-order chi connectivity index (χ1) is 8.09. The minimum Gasteiger partial charge on any atom is -0.398 e. The number of nitrogen functional groups attached to an aromatic ring is 1. The fourth-order valence-electron chi connectivity index (χ4n) is 1.63. The topological polar surface area (TPSA) is 69.2 Å². The van der Waals surface area contributed by atoms with E-state index in [0.717, 1.165) is 0 Å². The van der Waals surface area contributed by atoms with E-state index >= 15 is 0 Å². The average molecular weight is 249 g/mol. The van der Waals surface area contributed by atoms with Crippen LogP contribution in [0.4, 0.5) is 11.4 Å². The number of nitrogens with two attached hydrogens (primary N) is 1. The van der Waals surface area contributed by atoms with Gasteiger partial charge >= 0.3 is 0 Å². The van der Waals surface area contributed by atoms with Crippen molar-refractivity contribution in [3.8, 4) is 11.1 Å². The summed E-state index contributed by atoms with van der Waals surface area (Å²) in [4.78, 5) is 10.5. The molecule has 4 nitrogen and oxygen atoms in total. The molecule has 2 aromatic carbocycles. The number of halogens is 1. The van der Waals surface area contributed by atoms with E-state index in [2.05, 4.69) is 0 Å². The fraction of sp³-hybridized carbons (Fsp3) is 0. The van der Waals surface area contributed by atoms with Gasteiger partial charge in [-0.3, -0.25) is 10.1 Å². The molecule has 17 heavy (non-hydrogen) atoms. The number of anilines is 1. The number of benzene rings is 2. The van der Waals surface area contributed by atoms with Crippen LogP contribution in [0.15, 0.2) is 42.5 Å². The van der Waals surface area contributed by atoms with E-state index in [0.29, 0.717) is 21.8 Å². The van der Waals surface area contributed by atoms with E-state index < -0.39 is 4.92 Å². The van der Waals surface area contributed by atoms with Crippen LogP contribution in [0.3, 0.4) is 0 Å². The minimum atomic E-state index is -0.446. The first kappa shape index (κ1) is 11.4. The Balaban J connectivity index is 2.70. The van der Waals surface area contributed by atoms with Crippen LogP contribution in [0.1, 0.15) is 0 Å². The van der Waals surface area contributed by atoms with Crippen molar-refractivity contribution in [2.75, 3.05) is 5.73 Å². The number of hydrogen-bond acceptors (Lipinski definition) is 3. The number of nitrogens with zero attached hydrogens (tertiary/aromatic N) is 1. The molecule has 2 N–H and O–H groups in total. The van der Waals surface area contributed by atoms with E-state index in [9.17, 15) is 10.1 Å². The van der Waals surface area contributed by atoms with Gasteiger partial charge in [-0.15, -0.1) is 0 Å². The third-order valence-corrected chi connectivity index (χ3v) is 2.64. The Bertz CT molecular complexity index is 584. The smallest absolute Gasteiger partial charge is 0.277 e. The quantitative estimate of drug-likeness (QED) is 0.502. The van der Waals surface area contributed by atoms with Crippen LogP contribution in [-0.4, -0.2) is 4.92 Å². The third-order valence-electron chi connectivity index (χ3n) is 2.41. The molecule has 0 aliphatic rings. The second-order valence-corrected chi connectivity index (χ2v) is 3.94. The minimum absolute atomic E-state index is 0.00713. The van der Waals surface area contributed by atoms with E-state index in [4.69, 9.17) is 17.3 Å². The highest BCUT2D eigenvalue weighted by Crippen LogP contribution is 2.35. The van der Waals surface area contributed by atoms with Crippen LogP contribution in [0, 0.1) is 10.1 Å². The molecule has 0 aromatic heterocycles. The number of para-hydroxylation sites is 1. The van der Waals surface area contributed by atoms with E-state index in [-0.39, 0.29) is 5.69 Å². The Hall–Kier alpha value is -2.07. The maximum Gasteiger partial charge on any atom is 0.277 e. The van der Waals surface area contributed by atoms with Gasteiger partial charge in [0.2, 0.25) is 0 Å². The molecule has 0 saturated heterocycles. The van der Waals surface area contributed by atoms with Crippen molar-refractivity contribution in [3.05, 3.63) is 57.6 Å². The molecule has 0 bridgehead atoms. The lowest BCUT2D eigenvalue weighted by Gasteiger charge is -2.06. The summed E-state index contributed by atoms with van der Waals surface area (Å²) >= 11 is 5.86. The summed E-state index contributed by atoms with van der Waals surface area (Å²) in [6.07, 6.45) is 0. The van der Waals surface area contributed by atoms with E-state index in [1.807, 2.05) is 0 Å². The van der Waals surface area contributed by atoms with Crippen molar-refractivity contribution >= 4 is 23.0 Å². The van der Waals surface area contributed by atoms with Crippen molar-refractivity contribution < 1.29 is 4.92 Å². The lowest BCUT2D eigenvalue weighted by Crippen LogP contribution is -1.95. The molecule has 86 valence electrons. The van der Waals surface area contributed by atoms with Gasteiger partial charge in [0.25, 0.3) is 5.69 Å². The molecule has 5 heteroatoms. The summed E-state index contributed by atoms with van der Waals surface area (Å²) in [6.45, 7) is 0. The highest BCUT2D eigenvalue weighted by Gasteiger charge is 2.16. The van der Waals surface area contributed by atoms with Gasteiger partial charge in [0, 0.05) is 22.3 Å². The van der Waals surface area contributed by atoms with Gasteiger partial charge < -0.3 is 5.73 Å². The Morgan fingerprint density at radius 1 is 1.12 bits per heavy atom. The lowest BCUT2D eigenvalue weighted by molar-refractivity contribution is -0.384. The van der Waals surface area contributed by atoms with Crippen molar-refractivity contribution in [2.24, 2.45) is 0 Å². The van der Waals surface area contributed by atoms with Crippen LogP contribution in [0.25, 0.3) is 11.1 Å². The first-order valence-corrected chi connectivity index (χ1v) is 5.26. The second-order valence-electron chi connectivity index (χ2n) is 3.51. The first-order valence-electron chi connectivity index (χ1n) is 4.88. The summed E-state index contributed by atoms with van der Waals surface area (Å²) in [7, 11) is 0. The SMILES string of the molecule is Nc1ccccc1-c1cc(Cl)ccc1[N+](=O)[O-]. The third kappa shape index (κ3) is 2.21. The fourth-order valence-corrected chi connectivity index (χ4v) is 1.80.